The number of carbonyl (C=O) groups is 1. The molecule has 11 heteroatoms. The zero-order valence-corrected chi connectivity index (χ0v) is 20.4. The number of hydrogen-bond donors (Lipinski definition) is 3. The van der Waals surface area contributed by atoms with Gasteiger partial charge in [0.25, 0.3) is 5.56 Å². The van der Waals surface area contributed by atoms with Gasteiger partial charge in [0.2, 0.25) is 0 Å². The van der Waals surface area contributed by atoms with Crippen LogP contribution in [0.5, 0.6) is 5.75 Å². The van der Waals surface area contributed by atoms with Crippen molar-refractivity contribution in [3.63, 3.8) is 0 Å². The Morgan fingerprint density at radius 2 is 1.85 bits per heavy atom. The van der Waals surface area contributed by atoms with Crippen molar-refractivity contribution in [2.75, 3.05) is 12.3 Å². The molecule has 4 rings (SSSR count). The fourth-order valence-electron chi connectivity index (χ4n) is 3.55. The van der Waals surface area contributed by atoms with Gasteiger partial charge in [0.1, 0.15) is 21.1 Å². The average Bonchev–Trinajstić information content (AvgIpc) is 3.26. The van der Waals surface area contributed by atoms with Crippen molar-refractivity contribution in [3.8, 4) is 17.1 Å². The van der Waals surface area contributed by atoms with Crippen LogP contribution in [0, 0.1) is 0 Å². The number of imidazole rings is 1. The Balaban J connectivity index is 1.85. The van der Waals surface area contributed by atoms with Crippen molar-refractivity contribution in [2.45, 2.75) is 23.9 Å². The Morgan fingerprint density at radius 3 is 2.47 bits per heavy atom. The van der Waals surface area contributed by atoms with Crippen LogP contribution in [0.4, 0.5) is 5.69 Å². The Hall–Kier alpha value is -3.61. The fraction of sp³-hybridized carbons (Fsp3) is 0.217. The van der Waals surface area contributed by atoms with Crippen LogP contribution in [-0.4, -0.2) is 36.8 Å². The van der Waals surface area contributed by atoms with Gasteiger partial charge in [0, 0.05) is 17.8 Å². The number of hydrogen-bond acceptors (Lipinski definition) is 6. The van der Waals surface area contributed by atoms with E-state index in [0.717, 1.165) is 5.56 Å². The summed E-state index contributed by atoms with van der Waals surface area (Å²) >= 11 is 2.15. The highest BCUT2D eigenvalue weighted by Gasteiger charge is 2.22. The number of fused-ring (bicyclic) bond motifs is 1. The zero-order valence-electron chi connectivity index (χ0n) is 18.2. The number of nitrogens with zero attached hydrogens (tertiary/aromatic N) is 3. The van der Waals surface area contributed by atoms with E-state index < -0.39 is 27.9 Å². The summed E-state index contributed by atoms with van der Waals surface area (Å²) in [5, 5.41) is 8.76. The molecule has 0 saturated heterocycles. The van der Waals surface area contributed by atoms with Crippen LogP contribution < -0.4 is 21.7 Å². The molecule has 0 aliphatic heterocycles. The summed E-state index contributed by atoms with van der Waals surface area (Å²) in [5.74, 6) is -0.280. The minimum absolute atomic E-state index is 0.228. The molecule has 0 aliphatic carbocycles. The Bertz CT molecular complexity index is 1450. The molecule has 10 nitrogen and oxygen atoms in total. The van der Waals surface area contributed by atoms with E-state index in [1.54, 1.807) is 36.4 Å². The van der Waals surface area contributed by atoms with Gasteiger partial charge in [0.15, 0.2) is 12.3 Å². The van der Waals surface area contributed by atoms with Gasteiger partial charge >= 0.3 is 11.7 Å². The lowest BCUT2D eigenvalue weighted by molar-refractivity contribution is -0.139. The third-order valence-electron chi connectivity index (χ3n) is 5.18. The van der Waals surface area contributed by atoms with E-state index in [2.05, 4.69) is 32.6 Å². The van der Waals surface area contributed by atoms with E-state index in [1.807, 2.05) is 19.1 Å². The number of nitrogen functional groups attached to an aromatic ring is 1. The highest BCUT2D eigenvalue weighted by Crippen LogP contribution is 2.28. The van der Waals surface area contributed by atoms with Gasteiger partial charge in [-0.3, -0.25) is 13.9 Å². The van der Waals surface area contributed by atoms with Crippen LogP contribution in [0.2, 0.25) is 0 Å². The summed E-state index contributed by atoms with van der Waals surface area (Å²) in [6, 6.07) is 13.8. The van der Waals surface area contributed by atoms with Gasteiger partial charge in [0.05, 0.1) is 0 Å². The molecule has 0 spiro atoms. The maximum atomic E-state index is 13.4. The summed E-state index contributed by atoms with van der Waals surface area (Å²) in [4.78, 5) is 44.9. The lowest BCUT2D eigenvalue weighted by Crippen LogP contribution is -2.40. The summed E-state index contributed by atoms with van der Waals surface area (Å²) in [6.07, 6.45) is 0.618. The van der Waals surface area contributed by atoms with Crippen LogP contribution in [0.15, 0.2) is 58.1 Å². The summed E-state index contributed by atoms with van der Waals surface area (Å²) < 4.78 is 7.45. The van der Waals surface area contributed by atoms with Crippen molar-refractivity contribution >= 4 is 45.4 Å². The normalized spacial score (nSPS) is 12.1. The van der Waals surface area contributed by atoms with E-state index in [-0.39, 0.29) is 17.7 Å². The van der Waals surface area contributed by atoms with Crippen molar-refractivity contribution < 1.29 is 14.6 Å². The number of ether oxygens (including phenoxy) is 1. The van der Waals surface area contributed by atoms with E-state index in [1.165, 1.54) is 9.13 Å². The van der Waals surface area contributed by atoms with Gasteiger partial charge in [-0.05, 0) is 48.4 Å². The largest absolute Gasteiger partial charge is 0.482 e. The van der Waals surface area contributed by atoms with E-state index in [9.17, 15) is 14.4 Å². The first-order valence-corrected chi connectivity index (χ1v) is 11.7. The molecule has 4 aromatic rings. The van der Waals surface area contributed by atoms with Crippen molar-refractivity contribution in [1.29, 1.82) is 0 Å². The number of carboxylic acids is 1. The third kappa shape index (κ3) is 4.55. The number of carboxylic acid groups (broad SMARTS) is 1. The number of rotatable bonds is 8. The molecule has 2 aromatic carbocycles. The summed E-state index contributed by atoms with van der Waals surface area (Å²) in [5.41, 5.74) is 7.51. The van der Waals surface area contributed by atoms with Crippen LogP contribution in [0.25, 0.3) is 22.6 Å². The van der Waals surface area contributed by atoms with Crippen molar-refractivity contribution in [2.24, 2.45) is 0 Å². The number of aromatic nitrogens is 4. The molecule has 1 unspecified atom stereocenters. The number of benzene rings is 2. The van der Waals surface area contributed by atoms with Gasteiger partial charge < -0.3 is 20.6 Å². The molecular formula is C23H22IN5O5. The van der Waals surface area contributed by atoms with Crippen LogP contribution >= 0.6 is 22.6 Å². The molecule has 0 amide bonds. The molecular weight excluding hydrogens is 553 g/mol. The predicted octanol–water partition coefficient (Wildman–Crippen LogP) is 2.99. The third-order valence-corrected chi connectivity index (χ3v) is 6.46. The molecule has 0 radical (unpaired) electrons. The fourth-order valence-corrected chi connectivity index (χ4v) is 4.47. The quantitative estimate of drug-likeness (QED) is 0.166. The number of aliphatic carboxylic acids is 1. The monoisotopic (exact) mass is 575 g/mol. The van der Waals surface area contributed by atoms with Gasteiger partial charge in [-0.2, -0.15) is 0 Å². The molecule has 0 aliphatic rings. The standard InChI is InChI=1S/C23H22IN5O5/c1-2-11-28-22(32)18-21(29(23(28)33)19(24)13-3-7-15(25)8-4-13)27-20(26-18)14-5-9-16(10-6-14)34-12-17(30)31/h3-10,19H,2,11-12,25H2,1H3,(H,26,27)(H,30,31). The summed E-state index contributed by atoms with van der Waals surface area (Å²) in [7, 11) is 0. The summed E-state index contributed by atoms with van der Waals surface area (Å²) in [6.45, 7) is 1.73. The molecule has 1 atom stereocenters. The zero-order chi connectivity index (χ0) is 24.4. The lowest BCUT2D eigenvalue weighted by Gasteiger charge is -2.16. The maximum absolute atomic E-state index is 13.4. The van der Waals surface area contributed by atoms with Gasteiger partial charge in [-0.15, -0.1) is 0 Å². The Labute approximate surface area is 207 Å². The molecule has 34 heavy (non-hydrogen) atoms. The van der Waals surface area contributed by atoms with Crippen LogP contribution in [0.3, 0.4) is 0 Å². The molecule has 0 saturated carbocycles. The number of nitrogens with two attached hydrogens (primary N) is 1. The molecule has 2 aromatic heterocycles. The number of halogens is 1. The smallest absolute Gasteiger partial charge is 0.341 e. The number of H-pyrrole nitrogens is 1. The number of anilines is 1. The topological polar surface area (TPSA) is 145 Å². The first-order valence-electron chi connectivity index (χ1n) is 10.5. The van der Waals surface area contributed by atoms with Crippen molar-refractivity contribution in [3.05, 3.63) is 74.9 Å². The van der Waals surface area contributed by atoms with E-state index in [0.29, 0.717) is 29.2 Å². The van der Waals surface area contributed by atoms with Crippen molar-refractivity contribution in [1.82, 2.24) is 19.1 Å². The second-order valence-corrected chi connectivity index (χ2v) is 8.78. The Morgan fingerprint density at radius 1 is 1.18 bits per heavy atom. The van der Waals surface area contributed by atoms with Crippen LogP contribution in [-0.2, 0) is 11.3 Å². The minimum atomic E-state index is -1.07. The highest BCUT2D eigenvalue weighted by atomic mass is 127. The minimum Gasteiger partial charge on any atom is -0.482 e. The number of alkyl halides is 1. The lowest BCUT2D eigenvalue weighted by atomic mass is 10.2. The Kier molecular flexibility index (Phi) is 6.72. The molecule has 0 fully saturated rings. The molecule has 2 heterocycles. The first-order chi connectivity index (χ1) is 16.3. The highest BCUT2D eigenvalue weighted by molar-refractivity contribution is 14.1. The van der Waals surface area contributed by atoms with Crippen LogP contribution in [0.1, 0.15) is 23.0 Å². The first kappa shape index (κ1) is 23.5. The second-order valence-electron chi connectivity index (χ2n) is 7.60. The number of aromatic amines is 1. The maximum Gasteiger partial charge on any atom is 0.341 e. The molecule has 4 N–H and O–H groups in total. The molecule has 0 bridgehead atoms. The average molecular weight is 575 g/mol. The van der Waals surface area contributed by atoms with E-state index in [4.69, 9.17) is 15.6 Å². The molecule has 176 valence electrons. The SMILES string of the molecule is CCCn1c(=O)c2[nH]c(-c3ccc(OCC(=O)O)cc3)nc2n(C(I)c2ccc(N)cc2)c1=O. The van der Waals surface area contributed by atoms with Gasteiger partial charge in [-0.25, -0.2) is 14.6 Å². The van der Waals surface area contributed by atoms with Gasteiger partial charge in [-0.1, -0.05) is 41.6 Å². The number of nitrogens with one attached hydrogen (secondary N) is 1. The predicted molar refractivity (Wildman–Crippen MR) is 136 cm³/mol. The second kappa shape index (κ2) is 9.71. The van der Waals surface area contributed by atoms with E-state index >= 15 is 0 Å².